The molecule has 1 aliphatic heterocycles. The Bertz CT molecular complexity index is 902. The summed E-state index contributed by atoms with van der Waals surface area (Å²) in [7, 11) is 1.63. The van der Waals surface area contributed by atoms with Crippen molar-refractivity contribution in [1.29, 1.82) is 0 Å². The fraction of sp³-hybridized carbons (Fsp3) is 0.600. The van der Waals surface area contributed by atoms with Gasteiger partial charge in [-0.3, -0.25) is 14.6 Å². The van der Waals surface area contributed by atoms with E-state index in [0.717, 1.165) is 23.5 Å². The highest BCUT2D eigenvalue weighted by Crippen LogP contribution is 2.30. The summed E-state index contributed by atoms with van der Waals surface area (Å²) in [6, 6.07) is 5.82. The summed E-state index contributed by atoms with van der Waals surface area (Å²) in [5.41, 5.74) is 1.48. The summed E-state index contributed by atoms with van der Waals surface area (Å²) in [4.78, 5) is 38.1. The lowest BCUT2D eigenvalue weighted by molar-refractivity contribution is -0.137. The highest BCUT2D eigenvalue weighted by molar-refractivity contribution is 7.09. The van der Waals surface area contributed by atoms with Gasteiger partial charge in [0.1, 0.15) is 12.3 Å². The van der Waals surface area contributed by atoms with Gasteiger partial charge in [-0.1, -0.05) is 6.07 Å². The second-order valence-electron chi connectivity index (χ2n) is 8.34. The Hall–Kier alpha value is -2.40. The zero-order chi connectivity index (χ0) is 24.9. The Morgan fingerprint density at radius 3 is 2.63 bits per heavy atom. The molecule has 0 saturated carbocycles. The number of likely N-dealkylation sites (N-methyl/N-ethyl adjacent to an activating group) is 1. The molecule has 0 bridgehead atoms. The molecule has 1 aliphatic rings. The van der Waals surface area contributed by atoms with Gasteiger partial charge in [-0.2, -0.15) is 0 Å². The van der Waals surface area contributed by atoms with Crippen LogP contribution in [0.5, 0.6) is 0 Å². The van der Waals surface area contributed by atoms with Gasteiger partial charge in [0, 0.05) is 62.9 Å². The largest absolute Gasteiger partial charge is 0.382 e. The van der Waals surface area contributed by atoms with Gasteiger partial charge >= 0.3 is 0 Å². The molecule has 1 fully saturated rings. The number of ether oxygens (including phenoxy) is 3. The third-order valence-electron chi connectivity index (χ3n) is 6.00. The van der Waals surface area contributed by atoms with Crippen LogP contribution in [0.2, 0.25) is 0 Å². The molecule has 0 atom stereocenters. The van der Waals surface area contributed by atoms with Crippen LogP contribution in [0.3, 0.4) is 0 Å². The highest BCUT2D eigenvalue weighted by atomic mass is 32.1. The standard InChI is InChI=1S/C25H36N4O5S/c1-3-28(13-9-21-6-4-5-10-26-21)25(31)22-19-35-24(27-22)20-7-11-29(12-8-20)23(30)18-34-17-16-33-15-14-32-2/h4-6,10,19-20H,3,7-9,11-18H2,1-2H3. The molecule has 35 heavy (non-hydrogen) atoms. The van der Waals surface area contributed by atoms with Gasteiger partial charge in [-0.25, -0.2) is 4.98 Å². The van der Waals surface area contributed by atoms with Crippen LogP contribution in [0.4, 0.5) is 0 Å². The predicted octanol–water partition coefficient (Wildman–Crippen LogP) is 2.63. The van der Waals surface area contributed by atoms with Crippen LogP contribution in [-0.4, -0.2) is 97.9 Å². The van der Waals surface area contributed by atoms with Crippen molar-refractivity contribution in [2.45, 2.75) is 32.1 Å². The molecule has 0 aliphatic carbocycles. The molecular formula is C25H36N4O5S. The molecule has 0 aromatic carbocycles. The van der Waals surface area contributed by atoms with Crippen LogP contribution in [0.1, 0.15) is 46.9 Å². The number of piperidine rings is 1. The number of nitrogens with zero attached hydrogens (tertiary/aromatic N) is 4. The zero-order valence-electron chi connectivity index (χ0n) is 20.7. The van der Waals surface area contributed by atoms with E-state index in [1.807, 2.05) is 40.3 Å². The van der Waals surface area contributed by atoms with Gasteiger partial charge in [0.2, 0.25) is 5.91 Å². The first kappa shape index (κ1) is 27.2. The van der Waals surface area contributed by atoms with Crippen LogP contribution in [0.15, 0.2) is 29.8 Å². The van der Waals surface area contributed by atoms with E-state index in [-0.39, 0.29) is 24.3 Å². The first-order valence-corrected chi connectivity index (χ1v) is 13.1. The molecule has 0 spiro atoms. The van der Waals surface area contributed by atoms with Gasteiger partial charge in [0.25, 0.3) is 5.91 Å². The van der Waals surface area contributed by atoms with Crippen molar-refractivity contribution >= 4 is 23.2 Å². The summed E-state index contributed by atoms with van der Waals surface area (Å²) >= 11 is 1.54. The van der Waals surface area contributed by atoms with E-state index < -0.39 is 0 Å². The molecule has 3 rings (SSSR count). The summed E-state index contributed by atoms with van der Waals surface area (Å²) in [5, 5.41) is 2.84. The van der Waals surface area contributed by atoms with Crippen LogP contribution in [0.25, 0.3) is 0 Å². The molecule has 2 aromatic rings. The number of pyridine rings is 1. The maximum Gasteiger partial charge on any atom is 0.273 e. The lowest BCUT2D eigenvalue weighted by Gasteiger charge is -2.31. The molecule has 0 unspecified atom stereocenters. The molecule has 1 saturated heterocycles. The Kier molecular flexibility index (Phi) is 11.6. The van der Waals surface area contributed by atoms with Gasteiger partial charge in [-0.15, -0.1) is 11.3 Å². The van der Waals surface area contributed by atoms with E-state index in [2.05, 4.69) is 9.97 Å². The van der Waals surface area contributed by atoms with Crippen LogP contribution < -0.4 is 0 Å². The monoisotopic (exact) mass is 504 g/mol. The lowest BCUT2D eigenvalue weighted by atomic mass is 9.97. The smallest absolute Gasteiger partial charge is 0.273 e. The van der Waals surface area contributed by atoms with E-state index in [1.165, 1.54) is 11.3 Å². The number of amides is 2. The van der Waals surface area contributed by atoms with Crippen molar-refractivity contribution in [3.05, 3.63) is 46.2 Å². The van der Waals surface area contributed by atoms with Crippen LogP contribution in [-0.2, 0) is 25.4 Å². The number of carbonyl (C=O) groups is 2. The summed E-state index contributed by atoms with van der Waals surface area (Å²) < 4.78 is 15.7. The maximum absolute atomic E-state index is 13.0. The number of thiazole rings is 1. The van der Waals surface area contributed by atoms with Crippen molar-refractivity contribution in [2.24, 2.45) is 0 Å². The number of likely N-dealkylation sites (tertiary alicyclic amines) is 1. The first-order chi connectivity index (χ1) is 17.1. The molecular weight excluding hydrogens is 468 g/mol. The fourth-order valence-corrected chi connectivity index (χ4v) is 4.89. The molecule has 0 N–H and O–H groups in total. The topological polar surface area (TPSA) is 94.1 Å². The van der Waals surface area contributed by atoms with Crippen molar-refractivity contribution < 1.29 is 23.8 Å². The average molecular weight is 505 g/mol. The molecule has 9 nitrogen and oxygen atoms in total. The normalized spacial score (nSPS) is 14.3. The number of methoxy groups -OCH3 is 1. The maximum atomic E-state index is 13.0. The highest BCUT2D eigenvalue weighted by Gasteiger charge is 2.27. The first-order valence-electron chi connectivity index (χ1n) is 12.2. The summed E-state index contributed by atoms with van der Waals surface area (Å²) in [6.07, 6.45) is 4.16. The number of rotatable bonds is 14. The molecule has 2 amide bonds. The number of carbonyl (C=O) groups excluding carboxylic acids is 2. The van der Waals surface area contributed by atoms with Crippen molar-refractivity contribution in [3.8, 4) is 0 Å². The van der Waals surface area contributed by atoms with Crippen molar-refractivity contribution in [1.82, 2.24) is 19.8 Å². The zero-order valence-corrected chi connectivity index (χ0v) is 21.5. The van der Waals surface area contributed by atoms with E-state index in [4.69, 9.17) is 14.2 Å². The second-order valence-corrected chi connectivity index (χ2v) is 9.23. The quantitative estimate of drug-likeness (QED) is 0.365. The minimum Gasteiger partial charge on any atom is -0.382 e. The SMILES string of the molecule is CCN(CCc1ccccn1)C(=O)c1csc(C2CCN(C(=O)COCCOCCOC)CC2)n1. The van der Waals surface area contributed by atoms with Crippen molar-refractivity contribution in [3.63, 3.8) is 0 Å². The lowest BCUT2D eigenvalue weighted by Crippen LogP contribution is -2.40. The summed E-state index contributed by atoms with van der Waals surface area (Å²) in [5.74, 6) is 0.230. The van der Waals surface area contributed by atoms with Crippen molar-refractivity contribution in [2.75, 3.05) is 66.3 Å². The predicted molar refractivity (Wildman–Crippen MR) is 134 cm³/mol. The van der Waals surface area contributed by atoms with Gasteiger partial charge in [0.15, 0.2) is 0 Å². The molecule has 10 heteroatoms. The van der Waals surface area contributed by atoms with Crippen LogP contribution in [0, 0.1) is 0 Å². The van der Waals surface area contributed by atoms with E-state index in [1.54, 1.807) is 13.3 Å². The molecule has 192 valence electrons. The number of hydrogen-bond acceptors (Lipinski definition) is 8. The molecule has 2 aromatic heterocycles. The Morgan fingerprint density at radius 2 is 1.91 bits per heavy atom. The molecule has 3 heterocycles. The van der Waals surface area contributed by atoms with E-state index in [9.17, 15) is 9.59 Å². The molecule has 0 radical (unpaired) electrons. The van der Waals surface area contributed by atoms with Gasteiger partial charge < -0.3 is 24.0 Å². The minimum atomic E-state index is -0.0399. The Balaban J connectivity index is 1.40. The Labute approximate surface area is 211 Å². The third kappa shape index (κ3) is 8.64. The van der Waals surface area contributed by atoms with Gasteiger partial charge in [0.05, 0.1) is 31.4 Å². The second kappa shape index (κ2) is 14.9. The fourth-order valence-electron chi connectivity index (χ4n) is 3.92. The number of aromatic nitrogens is 2. The van der Waals surface area contributed by atoms with E-state index in [0.29, 0.717) is 64.7 Å². The van der Waals surface area contributed by atoms with Gasteiger partial charge in [-0.05, 0) is 31.9 Å². The average Bonchev–Trinajstić information content (AvgIpc) is 3.39. The van der Waals surface area contributed by atoms with E-state index >= 15 is 0 Å². The number of hydrogen-bond donors (Lipinski definition) is 0. The summed E-state index contributed by atoms with van der Waals surface area (Å²) in [6.45, 7) is 6.53. The van der Waals surface area contributed by atoms with Crippen LogP contribution >= 0.6 is 11.3 Å². The Morgan fingerprint density at radius 1 is 1.14 bits per heavy atom. The third-order valence-corrected chi connectivity index (χ3v) is 7.01. The minimum absolute atomic E-state index is 0.00170.